The maximum atomic E-state index is 12.9. The molecule has 1 aromatic rings. The highest BCUT2D eigenvalue weighted by molar-refractivity contribution is 6.30. The van der Waals surface area contributed by atoms with E-state index in [4.69, 9.17) is 11.6 Å². The molecule has 1 rings (SSSR count). The number of unbranched alkanes of at least 4 members (excludes halogenated alkanes) is 1. The average Bonchev–Trinajstić information content (AvgIpc) is 2.41. The number of alkyl halides is 3. The first kappa shape index (κ1) is 17.5. The Morgan fingerprint density at radius 1 is 1.19 bits per heavy atom. The molecular weight excluding hydrogens is 309 g/mol. The second-order valence-electron chi connectivity index (χ2n) is 4.39. The Labute approximate surface area is 125 Å². The largest absolute Gasteiger partial charge is 0.469 e. The summed E-state index contributed by atoms with van der Waals surface area (Å²) in [7, 11) is 1.25. The lowest BCUT2D eigenvalue weighted by Gasteiger charge is -2.12. The fourth-order valence-electron chi connectivity index (χ4n) is 1.79. The molecular formula is C14H14ClF3O3. The molecule has 0 radical (unpaired) electrons. The number of ether oxygens (including phenoxy) is 1. The van der Waals surface area contributed by atoms with Crippen LogP contribution < -0.4 is 0 Å². The molecule has 0 aliphatic carbocycles. The van der Waals surface area contributed by atoms with Gasteiger partial charge in [0.2, 0.25) is 0 Å². The molecule has 7 heteroatoms. The van der Waals surface area contributed by atoms with Gasteiger partial charge in [-0.05, 0) is 31.0 Å². The van der Waals surface area contributed by atoms with Gasteiger partial charge < -0.3 is 4.74 Å². The summed E-state index contributed by atoms with van der Waals surface area (Å²) in [6, 6.07) is 3.06. The van der Waals surface area contributed by atoms with E-state index in [1.54, 1.807) is 0 Å². The summed E-state index contributed by atoms with van der Waals surface area (Å²) < 4.78 is 43.0. The minimum Gasteiger partial charge on any atom is -0.469 e. The van der Waals surface area contributed by atoms with E-state index in [0.717, 1.165) is 12.1 Å². The lowest BCUT2D eigenvalue weighted by Crippen LogP contribution is -2.13. The lowest BCUT2D eigenvalue weighted by atomic mass is 9.99. The fourth-order valence-corrected chi connectivity index (χ4v) is 1.96. The van der Waals surface area contributed by atoms with E-state index in [1.165, 1.54) is 13.2 Å². The van der Waals surface area contributed by atoms with Gasteiger partial charge in [0.25, 0.3) is 0 Å². The van der Waals surface area contributed by atoms with Crippen LogP contribution in [-0.2, 0) is 15.7 Å². The molecule has 116 valence electrons. The van der Waals surface area contributed by atoms with Crippen LogP contribution in [0.4, 0.5) is 13.2 Å². The number of halogens is 4. The van der Waals surface area contributed by atoms with Gasteiger partial charge in [-0.25, -0.2) is 0 Å². The zero-order chi connectivity index (χ0) is 16.0. The van der Waals surface area contributed by atoms with Crippen molar-refractivity contribution in [2.24, 2.45) is 0 Å². The maximum absolute atomic E-state index is 12.9. The molecule has 0 atom stereocenters. The monoisotopic (exact) mass is 322 g/mol. The van der Waals surface area contributed by atoms with E-state index in [-0.39, 0.29) is 17.9 Å². The number of benzene rings is 1. The number of rotatable bonds is 6. The van der Waals surface area contributed by atoms with E-state index in [0.29, 0.717) is 12.8 Å². The summed E-state index contributed by atoms with van der Waals surface area (Å²) in [6.07, 6.45) is -3.87. The van der Waals surface area contributed by atoms with Gasteiger partial charge in [-0.1, -0.05) is 11.6 Å². The Kier molecular flexibility index (Phi) is 6.20. The van der Waals surface area contributed by atoms with Crippen molar-refractivity contribution >= 4 is 23.4 Å². The summed E-state index contributed by atoms with van der Waals surface area (Å²) in [5.74, 6) is -1.03. The highest BCUT2D eigenvalue weighted by atomic mass is 35.5. The van der Waals surface area contributed by atoms with Crippen LogP contribution in [0.5, 0.6) is 0 Å². The fraction of sp³-hybridized carbons (Fsp3) is 0.429. The summed E-state index contributed by atoms with van der Waals surface area (Å²) in [4.78, 5) is 22.8. The summed E-state index contributed by atoms with van der Waals surface area (Å²) in [6.45, 7) is 0. The van der Waals surface area contributed by atoms with Crippen molar-refractivity contribution in [2.75, 3.05) is 7.11 Å². The van der Waals surface area contributed by atoms with Crippen molar-refractivity contribution in [3.8, 4) is 0 Å². The molecule has 3 nitrogen and oxygen atoms in total. The van der Waals surface area contributed by atoms with E-state index < -0.39 is 29.1 Å². The molecule has 0 heterocycles. The van der Waals surface area contributed by atoms with Crippen LogP contribution in [0, 0.1) is 0 Å². The van der Waals surface area contributed by atoms with E-state index in [2.05, 4.69) is 4.74 Å². The molecule has 0 bridgehead atoms. The molecule has 21 heavy (non-hydrogen) atoms. The predicted octanol–water partition coefficient (Wildman–Crippen LogP) is 4.27. The Bertz CT molecular complexity index is 527. The first-order valence-electron chi connectivity index (χ1n) is 6.22. The zero-order valence-corrected chi connectivity index (χ0v) is 12.1. The molecule has 0 saturated carbocycles. The van der Waals surface area contributed by atoms with E-state index in [1.807, 2.05) is 0 Å². The summed E-state index contributed by atoms with van der Waals surface area (Å²) in [5.41, 5.74) is -1.43. The molecule has 0 aliphatic rings. The van der Waals surface area contributed by atoms with Crippen molar-refractivity contribution in [1.29, 1.82) is 0 Å². The van der Waals surface area contributed by atoms with Crippen molar-refractivity contribution < 1.29 is 27.5 Å². The maximum Gasteiger partial charge on any atom is 0.417 e. The Morgan fingerprint density at radius 2 is 1.81 bits per heavy atom. The number of methoxy groups -OCH3 is 1. The first-order valence-corrected chi connectivity index (χ1v) is 6.60. The Balaban J connectivity index is 2.72. The highest BCUT2D eigenvalue weighted by Gasteiger charge is 2.35. The molecule has 0 aliphatic heterocycles. The second-order valence-corrected chi connectivity index (χ2v) is 4.83. The van der Waals surface area contributed by atoms with Crippen LogP contribution in [0.15, 0.2) is 18.2 Å². The second kappa shape index (κ2) is 7.45. The van der Waals surface area contributed by atoms with Crippen molar-refractivity contribution in [1.82, 2.24) is 0 Å². The minimum absolute atomic E-state index is 0.0678. The van der Waals surface area contributed by atoms with Crippen LogP contribution in [0.2, 0.25) is 5.02 Å². The molecule has 0 N–H and O–H groups in total. The molecule has 0 fully saturated rings. The van der Waals surface area contributed by atoms with Crippen LogP contribution in [0.25, 0.3) is 0 Å². The van der Waals surface area contributed by atoms with Gasteiger partial charge in [0, 0.05) is 23.4 Å². The number of hydrogen-bond donors (Lipinski definition) is 0. The minimum atomic E-state index is -4.64. The molecule has 0 aromatic heterocycles. The van der Waals surface area contributed by atoms with Crippen LogP contribution in [0.3, 0.4) is 0 Å². The SMILES string of the molecule is COC(=O)CCCCC(=O)c1ccc(Cl)cc1C(F)(F)F. The Morgan fingerprint density at radius 3 is 2.38 bits per heavy atom. The number of esters is 1. The smallest absolute Gasteiger partial charge is 0.417 e. The molecule has 0 saturated heterocycles. The van der Waals surface area contributed by atoms with E-state index in [9.17, 15) is 22.8 Å². The molecule has 0 spiro atoms. The van der Waals surface area contributed by atoms with Crippen LogP contribution >= 0.6 is 11.6 Å². The van der Waals surface area contributed by atoms with Crippen molar-refractivity contribution in [2.45, 2.75) is 31.9 Å². The number of Topliss-reactive ketones (excluding diaryl/α,β-unsaturated/α-hetero) is 1. The average molecular weight is 323 g/mol. The quantitative estimate of drug-likeness (QED) is 0.446. The normalized spacial score (nSPS) is 11.3. The third-order valence-corrected chi connectivity index (χ3v) is 3.08. The van der Waals surface area contributed by atoms with Gasteiger partial charge in [0.05, 0.1) is 12.7 Å². The van der Waals surface area contributed by atoms with Crippen LogP contribution in [0.1, 0.15) is 41.6 Å². The first-order chi connectivity index (χ1) is 9.75. The summed E-state index contributed by atoms with van der Waals surface area (Å²) in [5, 5.41) is -0.0791. The molecule has 0 unspecified atom stereocenters. The number of ketones is 1. The molecule has 0 amide bonds. The van der Waals surface area contributed by atoms with Gasteiger partial charge in [-0.2, -0.15) is 13.2 Å². The Hall–Kier alpha value is -1.56. The van der Waals surface area contributed by atoms with Crippen molar-refractivity contribution in [3.63, 3.8) is 0 Å². The van der Waals surface area contributed by atoms with Gasteiger partial charge in [0.1, 0.15) is 0 Å². The van der Waals surface area contributed by atoms with Gasteiger partial charge in [0.15, 0.2) is 5.78 Å². The molecule has 1 aromatic carbocycles. The van der Waals surface area contributed by atoms with Crippen molar-refractivity contribution in [3.05, 3.63) is 34.3 Å². The van der Waals surface area contributed by atoms with E-state index >= 15 is 0 Å². The van der Waals surface area contributed by atoms with Crippen LogP contribution in [-0.4, -0.2) is 18.9 Å². The van der Waals surface area contributed by atoms with Gasteiger partial charge >= 0.3 is 12.1 Å². The third-order valence-electron chi connectivity index (χ3n) is 2.85. The van der Waals surface area contributed by atoms with Gasteiger partial charge in [-0.15, -0.1) is 0 Å². The topological polar surface area (TPSA) is 43.4 Å². The van der Waals surface area contributed by atoms with Gasteiger partial charge in [-0.3, -0.25) is 9.59 Å². The summed E-state index contributed by atoms with van der Waals surface area (Å²) >= 11 is 5.54. The zero-order valence-electron chi connectivity index (χ0n) is 11.3. The lowest BCUT2D eigenvalue weighted by molar-refractivity contribution is -0.140. The standard InChI is InChI=1S/C14H14ClF3O3/c1-21-13(20)5-3-2-4-12(19)10-7-6-9(15)8-11(10)14(16,17)18/h6-8H,2-5H2,1H3. The number of carbonyl (C=O) groups is 2. The number of hydrogen-bond acceptors (Lipinski definition) is 3. The predicted molar refractivity (Wildman–Crippen MR) is 71.3 cm³/mol. The third kappa shape index (κ3) is 5.38. The highest BCUT2D eigenvalue weighted by Crippen LogP contribution is 2.34. The number of carbonyl (C=O) groups excluding carboxylic acids is 2.